The molecule has 3 aromatic heterocycles. The summed E-state index contributed by atoms with van der Waals surface area (Å²) in [5, 5.41) is 1.90. The van der Waals surface area contributed by atoms with Crippen LogP contribution in [0.3, 0.4) is 0 Å². The van der Waals surface area contributed by atoms with E-state index in [1.165, 1.54) is 0 Å². The van der Waals surface area contributed by atoms with Crippen molar-refractivity contribution < 1.29 is 0 Å². The molecule has 0 aliphatic rings. The van der Waals surface area contributed by atoms with Gasteiger partial charge < -0.3 is 10.6 Å². The summed E-state index contributed by atoms with van der Waals surface area (Å²) >= 11 is 0. The van der Waals surface area contributed by atoms with Crippen LogP contribution < -0.4 is 15.5 Å². The molecule has 5 aromatic rings. The van der Waals surface area contributed by atoms with Crippen molar-refractivity contribution >= 4 is 39.5 Å². The van der Waals surface area contributed by atoms with Crippen molar-refractivity contribution in [1.29, 1.82) is 0 Å². The molecule has 0 atom stereocenters. The van der Waals surface area contributed by atoms with Crippen LogP contribution >= 0.6 is 0 Å². The van der Waals surface area contributed by atoms with Gasteiger partial charge in [0.05, 0.1) is 11.4 Å². The van der Waals surface area contributed by atoms with Gasteiger partial charge >= 0.3 is 0 Å². The predicted molar refractivity (Wildman–Crippen MR) is 139 cm³/mol. The summed E-state index contributed by atoms with van der Waals surface area (Å²) in [4.78, 5) is 22.0. The minimum atomic E-state index is 0.498. The van der Waals surface area contributed by atoms with E-state index < -0.39 is 0 Å². The fraction of sp³-hybridized carbons (Fsp3) is 0.111. The molecule has 0 saturated carbocycles. The second kappa shape index (κ2) is 8.78. The van der Waals surface area contributed by atoms with E-state index in [0.29, 0.717) is 5.82 Å². The highest BCUT2D eigenvalue weighted by atomic mass is 15.2. The van der Waals surface area contributed by atoms with Crippen LogP contribution in [0.15, 0.2) is 85.6 Å². The standard InChI is InChI=1S/C27H25N7/c1-18-9-10-22-21(11-15-30-26(22)28)25(18)34(20-7-4-6-19(16-20)33(2)3)27-23(8-5-13-31-27)24-12-14-29-17-32-24/h4-17H,1-3H3,(H2,28,30). The number of aromatic nitrogens is 4. The number of pyridine rings is 2. The maximum Gasteiger partial charge on any atom is 0.147 e. The lowest BCUT2D eigenvalue weighted by molar-refractivity contribution is 1.12. The Morgan fingerprint density at radius 2 is 1.62 bits per heavy atom. The molecule has 0 aliphatic carbocycles. The van der Waals surface area contributed by atoms with Crippen LogP contribution in [0.25, 0.3) is 22.0 Å². The summed E-state index contributed by atoms with van der Waals surface area (Å²) in [5.74, 6) is 1.26. The molecule has 0 fully saturated rings. The van der Waals surface area contributed by atoms with Gasteiger partial charge in [-0.25, -0.2) is 19.9 Å². The van der Waals surface area contributed by atoms with E-state index >= 15 is 0 Å². The number of hydrogen-bond acceptors (Lipinski definition) is 7. The smallest absolute Gasteiger partial charge is 0.147 e. The Bertz CT molecular complexity index is 1470. The molecule has 168 valence electrons. The van der Waals surface area contributed by atoms with Gasteiger partial charge in [-0.3, -0.25) is 4.90 Å². The quantitative estimate of drug-likeness (QED) is 0.380. The van der Waals surface area contributed by atoms with E-state index in [1.807, 2.05) is 44.4 Å². The lowest BCUT2D eigenvalue weighted by Gasteiger charge is -2.30. The molecule has 2 aromatic carbocycles. The zero-order valence-electron chi connectivity index (χ0n) is 19.3. The fourth-order valence-electron chi connectivity index (χ4n) is 4.16. The summed E-state index contributed by atoms with van der Waals surface area (Å²) in [6.07, 6.45) is 6.85. The Balaban J connectivity index is 1.86. The number of benzene rings is 2. The number of aryl methyl sites for hydroxylation is 1. The lowest BCUT2D eigenvalue weighted by Crippen LogP contribution is -2.16. The molecule has 0 radical (unpaired) electrons. The molecule has 0 unspecified atom stereocenters. The van der Waals surface area contributed by atoms with E-state index in [2.05, 4.69) is 62.0 Å². The number of nitrogen functional groups attached to an aromatic ring is 1. The highest BCUT2D eigenvalue weighted by Crippen LogP contribution is 2.44. The Labute approximate surface area is 198 Å². The van der Waals surface area contributed by atoms with Crippen molar-refractivity contribution in [3.05, 3.63) is 91.1 Å². The largest absolute Gasteiger partial charge is 0.383 e. The van der Waals surface area contributed by atoms with Gasteiger partial charge in [0.25, 0.3) is 0 Å². The molecule has 7 heteroatoms. The number of nitrogens with zero attached hydrogens (tertiary/aromatic N) is 6. The molecule has 0 aliphatic heterocycles. The molecule has 3 heterocycles. The zero-order valence-corrected chi connectivity index (χ0v) is 19.3. The van der Waals surface area contributed by atoms with Gasteiger partial charge in [-0.05, 0) is 55.0 Å². The monoisotopic (exact) mass is 447 g/mol. The van der Waals surface area contributed by atoms with Gasteiger partial charge in [0.1, 0.15) is 18.0 Å². The average Bonchev–Trinajstić information content (AvgIpc) is 2.87. The molecular formula is C27H25N7. The van der Waals surface area contributed by atoms with Crippen LogP contribution in [0, 0.1) is 6.92 Å². The number of anilines is 5. The first-order valence-corrected chi connectivity index (χ1v) is 11.0. The third-order valence-corrected chi connectivity index (χ3v) is 5.83. The van der Waals surface area contributed by atoms with Crippen molar-refractivity contribution in [3.63, 3.8) is 0 Å². The van der Waals surface area contributed by atoms with E-state index in [4.69, 9.17) is 10.7 Å². The topological polar surface area (TPSA) is 84.1 Å². The van der Waals surface area contributed by atoms with Gasteiger partial charge in [0.2, 0.25) is 0 Å². The highest BCUT2D eigenvalue weighted by Gasteiger charge is 2.23. The number of rotatable bonds is 5. The van der Waals surface area contributed by atoms with Crippen LogP contribution in [0.5, 0.6) is 0 Å². The van der Waals surface area contributed by atoms with Crippen molar-refractivity contribution in [3.8, 4) is 11.3 Å². The fourth-order valence-corrected chi connectivity index (χ4v) is 4.16. The maximum atomic E-state index is 6.27. The second-order valence-electron chi connectivity index (χ2n) is 8.24. The van der Waals surface area contributed by atoms with Gasteiger partial charge in [-0.2, -0.15) is 0 Å². The van der Waals surface area contributed by atoms with E-state index in [1.54, 1.807) is 24.9 Å². The molecule has 0 spiro atoms. The predicted octanol–water partition coefficient (Wildman–Crippen LogP) is 5.51. The molecular weight excluding hydrogens is 422 g/mol. The molecule has 2 N–H and O–H groups in total. The zero-order chi connectivity index (χ0) is 23.7. The minimum Gasteiger partial charge on any atom is -0.383 e. The van der Waals surface area contributed by atoms with Crippen LogP contribution in [0.4, 0.5) is 28.7 Å². The normalized spacial score (nSPS) is 10.9. The lowest BCUT2D eigenvalue weighted by atomic mass is 10.0. The van der Waals surface area contributed by atoms with Crippen LogP contribution in [0.2, 0.25) is 0 Å². The number of hydrogen-bond donors (Lipinski definition) is 1. The molecule has 0 amide bonds. The van der Waals surface area contributed by atoms with E-state index in [-0.39, 0.29) is 0 Å². The average molecular weight is 448 g/mol. The van der Waals surface area contributed by atoms with E-state index in [9.17, 15) is 0 Å². The second-order valence-corrected chi connectivity index (χ2v) is 8.24. The maximum absolute atomic E-state index is 6.27. The molecule has 34 heavy (non-hydrogen) atoms. The third-order valence-electron chi connectivity index (χ3n) is 5.83. The van der Waals surface area contributed by atoms with Crippen molar-refractivity contribution in [1.82, 2.24) is 19.9 Å². The van der Waals surface area contributed by atoms with Gasteiger partial charge in [-0.15, -0.1) is 0 Å². The summed E-state index contributed by atoms with van der Waals surface area (Å²) in [6, 6.07) is 20.3. The van der Waals surface area contributed by atoms with Crippen molar-refractivity contribution in [2.75, 3.05) is 29.6 Å². The van der Waals surface area contributed by atoms with E-state index in [0.717, 1.165) is 50.5 Å². The first kappa shape index (κ1) is 21.3. The van der Waals surface area contributed by atoms with Crippen LogP contribution in [-0.4, -0.2) is 34.0 Å². The van der Waals surface area contributed by atoms with Crippen LogP contribution in [0.1, 0.15) is 5.56 Å². The molecule has 7 nitrogen and oxygen atoms in total. The van der Waals surface area contributed by atoms with Gasteiger partial charge in [0.15, 0.2) is 0 Å². The minimum absolute atomic E-state index is 0.498. The third kappa shape index (κ3) is 3.77. The summed E-state index contributed by atoms with van der Waals surface area (Å²) in [6.45, 7) is 2.10. The summed E-state index contributed by atoms with van der Waals surface area (Å²) in [5.41, 5.74) is 12.1. The first-order valence-electron chi connectivity index (χ1n) is 11.0. The Morgan fingerprint density at radius 3 is 2.41 bits per heavy atom. The van der Waals surface area contributed by atoms with Crippen LogP contribution in [-0.2, 0) is 0 Å². The van der Waals surface area contributed by atoms with Gasteiger partial charge in [0, 0.05) is 60.4 Å². The number of fused-ring (bicyclic) bond motifs is 1. The molecule has 0 saturated heterocycles. The SMILES string of the molecule is Cc1ccc2c(N)nccc2c1N(c1cccc(N(C)C)c1)c1ncccc1-c1ccncn1. The van der Waals surface area contributed by atoms with Crippen molar-refractivity contribution in [2.24, 2.45) is 0 Å². The Kier molecular flexibility index (Phi) is 5.51. The highest BCUT2D eigenvalue weighted by molar-refractivity contribution is 6.05. The first-order chi connectivity index (χ1) is 16.5. The Hall–Kier alpha value is -4.52. The number of nitrogens with two attached hydrogens (primary N) is 1. The Morgan fingerprint density at radius 1 is 0.765 bits per heavy atom. The molecule has 5 rings (SSSR count). The summed E-state index contributed by atoms with van der Waals surface area (Å²) < 4.78 is 0. The van der Waals surface area contributed by atoms with Crippen molar-refractivity contribution in [2.45, 2.75) is 6.92 Å². The van der Waals surface area contributed by atoms with Gasteiger partial charge in [-0.1, -0.05) is 18.2 Å². The molecule has 0 bridgehead atoms. The summed E-state index contributed by atoms with van der Waals surface area (Å²) in [7, 11) is 4.07.